The van der Waals surface area contributed by atoms with Crippen LogP contribution in [0.1, 0.15) is 21.9 Å². The van der Waals surface area contributed by atoms with Gasteiger partial charge in [-0.2, -0.15) is 0 Å². The largest absolute Gasteiger partial charge is 0.356 e. The molecule has 2 N–H and O–H groups in total. The van der Waals surface area contributed by atoms with Crippen LogP contribution in [0.3, 0.4) is 0 Å². The maximum Gasteiger partial charge on any atom is 0.268 e. The molecule has 1 amide bonds. The van der Waals surface area contributed by atoms with E-state index in [-0.39, 0.29) is 5.91 Å². The van der Waals surface area contributed by atoms with Crippen LogP contribution in [0.4, 0.5) is 0 Å². The molecule has 0 aromatic carbocycles. The average molecular weight is 251 g/mol. The quantitative estimate of drug-likeness (QED) is 0.871. The Bertz CT molecular complexity index is 521. The van der Waals surface area contributed by atoms with Crippen LogP contribution in [-0.4, -0.2) is 20.9 Å². The Hall–Kier alpha value is -1.88. The van der Waals surface area contributed by atoms with Crippen molar-refractivity contribution in [2.45, 2.75) is 13.5 Å². The van der Waals surface area contributed by atoms with Gasteiger partial charge >= 0.3 is 0 Å². The molecule has 0 aliphatic heterocycles. The van der Waals surface area contributed by atoms with Crippen LogP contribution < -0.4 is 5.32 Å². The third-order valence-electron chi connectivity index (χ3n) is 2.16. The predicted octanol–water partition coefficient (Wildman–Crippen LogP) is 1.70. The number of aryl methyl sites for hydroxylation is 1. The van der Waals surface area contributed by atoms with Crippen LogP contribution >= 0.6 is 11.6 Å². The molecule has 0 saturated carbocycles. The normalized spacial score (nSPS) is 10.2. The van der Waals surface area contributed by atoms with E-state index in [0.717, 1.165) is 5.69 Å². The summed E-state index contributed by atoms with van der Waals surface area (Å²) in [5.74, 6) is -0.223. The lowest BCUT2D eigenvalue weighted by Crippen LogP contribution is -2.23. The highest BCUT2D eigenvalue weighted by atomic mass is 35.5. The Labute approximate surface area is 103 Å². The maximum absolute atomic E-state index is 11.6. The summed E-state index contributed by atoms with van der Waals surface area (Å²) in [5, 5.41) is 3.22. The molecule has 2 aromatic rings. The molecule has 88 valence electrons. The van der Waals surface area contributed by atoms with E-state index < -0.39 is 0 Å². The van der Waals surface area contributed by atoms with Gasteiger partial charge in [-0.05, 0) is 13.0 Å². The van der Waals surface area contributed by atoms with Crippen LogP contribution in [0, 0.1) is 6.92 Å². The summed E-state index contributed by atoms with van der Waals surface area (Å²) < 4.78 is 0. The number of hydrogen-bond donors (Lipinski definition) is 2. The molecular formula is C11H11ClN4O. The maximum atomic E-state index is 11.6. The lowest BCUT2D eigenvalue weighted by Gasteiger charge is -2.02. The van der Waals surface area contributed by atoms with Gasteiger partial charge in [-0.25, -0.2) is 0 Å². The molecule has 2 heterocycles. The topological polar surface area (TPSA) is 70.7 Å². The number of nitrogens with one attached hydrogen (secondary N) is 2. The molecule has 0 unspecified atom stereocenters. The third-order valence-corrected chi connectivity index (χ3v) is 2.38. The summed E-state index contributed by atoms with van der Waals surface area (Å²) in [6.07, 6.45) is 4.85. The fraction of sp³-hybridized carbons (Fsp3) is 0.182. The summed E-state index contributed by atoms with van der Waals surface area (Å²) in [7, 11) is 0. The highest BCUT2D eigenvalue weighted by Gasteiger charge is 2.07. The molecule has 0 atom stereocenters. The summed E-state index contributed by atoms with van der Waals surface area (Å²) >= 11 is 5.71. The monoisotopic (exact) mass is 250 g/mol. The zero-order chi connectivity index (χ0) is 12.3. The van der Waals surface area contributed by atoms with Crippen molar-refractivity contribution in [3.8, 4) is 0 Å². The zero-order valence-corrected chi connectivity index (χ0v) is 9.95. The number of aromatic nitrogens is 3. The molecule has 0 fully saturated rings. The van der Waals surface area contributed by atoms with E-state index in [4.69, 9.17) is 11.6 Å². The van der Waals surface area contributed by atoms with Gasteiger partial charge in [0, 0.05) is 12.4 Å². The van der Waals surface area contributed by atoms with E-state index >= 15 is 0 Å². The Morgan fingerprint density at radius 3 is 2.88 bits per heavy atom. The Morgan fingerprint density at radius 2 is 2.29 bits per heavy atom. The van der Waals surface area contributed by atoms with Crippen molar-refractivity contribution >= 4 is 17.5 Å². The van der Waals surface area contributed by atoms with E-state index in [9.17, 15) is 4.79 Å². The molecule has 0 aliphatic carbocycles. The van der Waals surface area contributed by atoms with Crippen LogP contribution in [0.5, 0.6) is 0 Å². The smallest absolute Gasteiger partial charge is 0.268 e. The number of carbonyl (C=O) groups is 1. The first kappa shape index (κ1) is 11.6. The molecular weight excluding hydrogens is 240 g/mol. The van der Waals surface area contributed by atoms with Crippen molar-refractivity contribution in [3.63, 3.8) is 0 Å². The lowest BCUT2D eigenvalue weighted by atomic mass is 10.3. The van der Waals surface area contributed by atoms with E-state index in [2.05, 4.69) is 20.3 Å². The molecule has 0 aliphatic rings. The first-order chi connectivity index (χ1) is 8.15. The molecule has 2 aromatic heterocycles. The third kappa shape index (κ3) is 3.04. The molecule has 2 rings (SSSR count). The number of H-pyrrole nitrogens is 1. The Balaban J connectivity index is 1.94. The summed E-state index contributed by atoms with van der Waals surface area (Å²) in [4.78, 5) is 22.6. The van der Waals surface area contributed by atoms with Crippen LogP contribution in [0.15, 0.2) is 24.7 Å². The minimum atomic E-state index is -0.223. The minimum Gasteiger partial charge on any atom is -0.356 e. The Kier molecular flexibility index (Phi) is 3.39. The SMILES string of the molecule is Cc1cnc(CNC(=O)c2cc(Cl)c[nH]2)cn1. The number of aromatic amines is 1. The van der Waals surface area contributed by atoms with Gasteiger partial charge in [0.15, 0.2) is 0 Å². The minimum absolute atomic E-state index is 0.223. The highest BCUT2D eigenvalue weighted by molar-refractivity contribution is 6.30. The van der Waals surface area contributed by atoms with Gasteiger partial charge in [0.05, 0.1) is 29.2 Å². The number of rotatable bonds is 3. The van der Waals surface area contributed by atoms with Crippen molar-refractivity contribution < 1.29 is 4.79 Å². The Morgan fingerprint density at radius 1 is 1.47 bits per heavy atom. The van der Waals surface area contributed by atoms with E-state index in [1.807, 2.05) is 6.92 Å². The van der Waals surface area contributed by atoms with Crippen LogP contribution in [0.25, 0.3) is 0 Å². The zero-order valence-electron chi connectivity index (χ0n) is 9.20. The van der Waals surface area contributed by atoms with E-state index in [1.165, 1.54) is 0 Å². The standard InChI is InChI=1S/C11H11ClN4O/c1-7-3-14-9(5-13-7)6-16-11(17)10-2-8(12)4-15-10/h2-5,15H,6H2,1H3,(H,16,17). The second kappa shape index (κ2) is 4.97. The van der Waals surface area contributed by atoms with Gasteiger partial charge in [0.1, 0.15) is 5.69 Å². The second-order valence-electron chi connectivity index (χ2n) is 3.56. The first-order valence-corrected chi connectivity index (χ1v) is 5.42. The van der Waals surface area contributed by atoms with E-state index in [0.29, 0.717) is 23.0 Å². The fourth-order valence-electron chi connectivity index (χ4n) is 1.28. The van der Waals surface area contributed by atoms with Gasteiger partial charge in [0.25, 0.3) is 5.91 Å². The molecule has 0 bridgehead atoms. The molecule has 6 heteroatoms. The molecule has 5 nitrogen and oxygen atoms in total. The van der Waals surface area contributed by atoms with E-state index in [1.54, 1.807) is 24.7 Å². The van der Waals surface area contributed by atoms with Crippen LogP contribution in [0.2, 0.25) is 5.02 Å². The number of nitrogens with zero attached hydrogens (tertiary/aromatic N) is 2. The lowest BCUT2D eigenvalue weighted by molar-refractivity contribution is 0.0946. The fourth-order valence-corrected chi connectivity index (χ4v) is 1.44. The summed E-state index contributed by atoms with van der Waals surface area (Å²) in [6, 6.07) is 1.57. The summed E-state index contributed by atoms with van der Waals surface area (Å²) in [6.45, 7) is 2.19. The summed E-state index contributed by atoms with van der Waals surface area (Å²) in [5.41, 5.74) is 1.98. The first-order valence-electron chi connectivity index (χ1n) is 5.05. The number of carbonyl (C=O) groups excluding carboxylic acids is 1. The van der Waals surface area contributed by atoms with Crippen molar-refractivity contribution in [1.29, 1.82) is 0 Å². The van der Waals surface area contributed by atoms with Crippen molar-refractivity contribution in [2.24, 2.45) is 0 Å². The van der Waals surface area contributed by atoms with Crippen LogP contribution in [-0.2, 0) is 6.54 Å². The van der Waals surface area contributed by atoms with Gasteiger partial charge in [-0.3, -0.25) is 14.8 Å². The molecule has 17 heavy (non-hydrogen) atoms. The molecule has 0 spiro atoms. The predicted molar refractivity (Wildman–Crippen MR) is 63.7 cm³/mol. The second-order valence-corrected chi connectivity index (χ2v) is 4.00. The average Bonchev–Trinajstić information content (AvgIpc) is 2.75. The van der Waals surface area contributed by atoms with Gasteiger partial charge < -0.3 is 10.3 Å². The molecule has 0 saturated heterocycles. The van der Waals surface area contributed by atoms with Gasteiger partial charge in [-0.15, -0.1) is 0 Å². The highest BCUT2D eigenvalue weighted by Crippen LogP contribution is 2.09. The number of amides is 1. The van der Waals surface area contributed by atoms with Gasteiger partial charge in [-0.1, -0.05) is 11.6 Å². The number of hydrogen-bond acceptors (Lipinski definition) is 3. The van der Waals surface area contributed by atoms with Crippen molar-refractivity contribution in [1.82, 2.24) is 20.3 Å². The van der Waals surface area contributed by atoms with Gasteiger partial charge in [0.2, 0.25) is 0 Å². The van der Waals surface area contributed by atoms with Crippen molar-refractivity contribution in [3.05, 3.63) is 46.8 Å². The number of halogens is 1. The van der Waals surface area contributed by atoms with Crippen molar-refractivity contribution in [2.75, 3.05) is 0 Å². The molecule has 0 radical (unpaired) electrons.